The molecule has 1 aromatic carbocycles. The first-order chi connectivity index (χ1) is 11.6. The van der Waals surface area contributed by atoms with Crippen molar-refractivity contribution in [3.63, 3.8) is 0 Å². The first kappa shape index (κ1) is 16.4. The monoisotopic (exact) mass is 331 g/mol. The number of hydroxylamine groups is 2. The Morgan fingerprint density at radius 1 is 1.38 bits per heavy atom. The summed E-state index contributed by atoms with van der Waals surface area (Å²) in [6.45, 7) is 2.06. The lowest BCUT2D eigenvalue weighted by Crippen LogP contribution is -2.38. The Morgan fingerprint density at radius 2 is 2.21 bits per heavy atom. The van der Waals surface area contributed by atoms with Gasteiger partial charge in [-0.1, -0.05) is 6.07 Å². The van der Waals surface area contributed by atoms with Crippen LogP contribution in [0.3, 0.4) is 0 Å². The van der Waals surface area contributed by atoms with Gasteiger partial charge in [0.1, 0.15) is 5.82 Å². The molecule has 0 aliphatic carbocycles. The van der Waals surface area contributed by atoms with Crippen LogP contribution in [0.25, 0.3) is 0 Å². The van der Waals surface area contributed by atoms with E-state index in [0.717, 1.165) is 11.1 Å². The third kappa shape index (κ3) is 3.22. The zero-order valence-corrected chi connectivity index (χ0v) is 13.3. The smallest absolute Gasteiger partial charge is 0.279 e. The summed E-state index contributed by atoms with van der Waals surface area (Å²) < 4.78 is 14.1. The molecule has 3 rings (SSSR count). The number of aliphatic hydroxyl groups excluding tert-OH is 1. The molecule has 1 aliphatic heterocycles. The molecule has 1 aromatic heterocycles. The van der Waals surface area contributed by atoms with Crippen LogP contribution in [-0.2, 0) is 11.3 Å². The normalized spacial score (nSPS) is 13.8. The van der Waals surface area contributed by atoms with Gasteiger partial charge in [-0.15, -0.1) is 0 Å². The molecule has 0 fully saturated rings. The number of aliphatic hydroxyl groups is 1. The van der Waals surface area contributed by atoms with Gasteiger partial charge < -0.3 is 10.4 Å². The molecular weight excluding hydrogens is 313 g/mol. The van der Waals surface area contributed by atoms with Crippen molar-refractivity contribution in [1.29, 1.82) is 0 Å². The number of halogens is 1. The highest BCUT2D eigenvalue weighted by Gasteiger charge is 2.28. The van der Waals surface area contributed by atoms with E-state index in [1.54, 1.807) is 25.3 Å². The van der Waals surface area contributed by atoms with Gasteiger partial charge in [0.05, 0.1) is 42.9 Å². The summed E-state index contributed by atoms with van der Waals surface area (Å²) in [4.78, 5) is 22.0. The lowest BCUT2D eigenvalue weighted by atomic mass is 10.0. The van der Waals surface area contributed by atoms with E-state index in [-0.39, 0.29) is 24.8 Å². The molecule has 0 radical (unpaired) electrons. The molecule has 6 nitrogen and oxygen atoms in total. The number of amides is 1. The number of nitrogens with one attached hydrogen (secondary N) is 1. The molecule has 1 aliphatic rings. The molecule has 2 heterocycles. The van der Waals surface area contributed by atoms with Crippen molar-refractivity contribution in [2.75, 3.05) is 25.1 Å². The molecular formula is C17H18FN3O3. The standard InChI is InChI=1S/C17H18FN3O3/c1-11-2-3-14(13(18)8-11)20-15-10-19-9-12-4-5-21(24-7-6-22)17(23)16(12)15/h2-3,8-10,20,22H,4-7H2,1H3. The third-order valence-corrected chi connectivity index (χ3v) is 3.78. The van der Waals surface area contributed by atoms with E-state index in [2.05, 4.69) is 10.3 Å². The Morgan fingerprint density at radius 3 is 2.96 bits per heavy atom. The van der Waals surface area contributed by atoms with E-state index in [4.69, 9.17) is 9.94 Å². The molecule has 0 saturated carbocycles. The molecule has 0 unspecified atom stereocenters. The van der Waals surface area contributed by atoms with Gasteiger partial charge in [0.2, 0.25) is 0 Å². The quantitative estimate of drug-likeness (QED) is 0.878. The van der Waals surface area contributed by atoms with Gasteiger partial charge >= 0.3 is 0 Å². The van der Waals surface area contributed by atoms with Crippen LogP contribution in [0.1, 0.15) is 21.5 Å². The van der Waals surface area contributed by atoms with Crippen molar-refractivity contribution in [2.45, 2.75) is 13.3 Å². The SMILES string of the molecule is Cc1ccc(Nc2cncc3c2C(=O)N(OCCO)CC3)c(F)c1. The van der Waals surface area contributed by atoms with E-state index in [0.29, 0.717) is 24.2 Å². The van der Waals surface area contributed by atoms with Crippen molar-refractivity contribution in [2.24, 2.45) is 0 Å². The van der Waals surface area contributed by atoms with Crippen molar-refractivity contribution < 1.29 is 19.1 Å². The second kappa shape index (κ2) is 6.94. The van der Waals surface area contributed by atoms with Crippen molar-refractivity contribution in [3.05, 3.63) is 53.1 Å². The van der Waals surface area contributed by atoms with Crippen LogP contribution in [-0.4, -0.2) is 40.8 Å². The maximum Gasteiger partial charge on any atom is 0.279 e. The molecule has 0 atom stereocenters. The fourth-order valence-electron chi connectivity index (χ4n) is 2.63. The third-order valence-electron chi connectivity index (χ3n) is 3.78. The van der Waals surface area contributed by atoms with E-state index >= 15 is 0 Å². The second-order valence-corrected chi connectivity index (χ2v) is 5.54. The maximum absolute atomic E-state index is 14.1. The number of benzene rings is 1. The number of hydrogen-bond acceptors (Lipinski definition) is 5. The average Bonchev–Trinajstić information content (AvgIpc) is 2.57. The molecule has 0 spiro atoms. The summed E-state index contributed by atoms with van der Waals surface area (Å²) in [5, 5.41) is 13.0. The lowest BCUT2D eigenvalue weighted by molar-refractivity contribution is -0.132. The Hall–Kier alpha value is -2.51. The average molecular weight is 331 g/mol. The van der Waals surface area contributed by atoms with Gasteiger partial charge in [0, 0.05) is 6.20 Å². The Kier molecular flexibility index (Phi) is 4.73. The van der Waals surface area contributed by atoms with Gasteiger partial charge in [-0.2, -0.15) is 0 Å². The fraction of sp³-hybridized carbons (Fsp3) is 0.294. The Bertz CT molecular complexity index is 767. The summed E-state index contributed by atoms with van der Waals surface area (Å²) in [5.41, 5.74) is 2.70. The van der Waals surface area contributed by atoms with Crippen LogP contribution in [0.4, 0.5) is 15.8 Å². The molecule has 0 bridgehead atoms. The summed E-state index contributed by atoms with van der Waals surface area (Å²) >= 11 is 0. The van der Waals surface area contributed by atoms with Crippen LogP contribution in [0.15, 0.2) is 30.6 Å². The summed E-state index contributed by atoms with van der Waals surface area (Å²) in [5.74, 6) is -0.730. The molecule has 7 heteroatoms. The number of pyridine rings is 1. The number of aromatic nitrogens is 1. The van der Waals surface area contributed by atoms with E-state index < -0.39 is 5.82 Å². The highest BCUT2D eigenvalue weighted by atomic mass is 19.1. The molecule has 126 valence electrons. The van der Waals surface area contributed by atoms with E-state index in [1.165, 1.54) is 17.3 Å². The van der Waals surface area contributed by atoms with Crippen LogP contribution in [0, 0.1) is 12.7 Å². The minimum Gasteiger partial charge on any atom is -0.394 e. The van der Waals surface area contributed by atoms with Gasteiger partial charge in [-0.25, -0.2) is 9.45 Å². The van der Waals surface area contributed by atoms with Crippen LogP contribution >= 0.6 is 0 Å². The molecule has 24 heavy (non-hydrogen) atoms. The number of carbonyl (C=O) groups is 1. The first-order valence-corrected chi connectivity index (χ1v) is 7.66. The number of aryl methyl sites for hydroxylation is 1. The topological polar surface area (TPSA) is 74.7 Å². The van der Waals surface area contributed by atoms with Crippen molar-refractivity contribution >= 4 is 17.3 Å². The summed E-state index contributed by atoms with van der Waals surface area (Å²) in [6.07, 6.45) is 3.70. The maximum atomic E-state index is 14.1. The number of nitrogens with zero attached hydrogens (tertiary/aromatic N) is 2. The summed E-state index contributed by atoms with van der Waals surface area (Å²) in [6, 6.07) is 4.83. The molecule has 1 amide bonds. The van der Waals surface area contributed by atoms with Crippen molar-refractivity contribution in [3.8, 4) is 0 Å². The van der Waals surface area contributed by atoms with Crippen LogP contribution in [0.5, 0.6) is 0 Å². The minimum atomic E-state index is -0.399. The second-order valence-electron chi connectivity index (χ2n) is 5.54. The zero-order chi connectivity index (χ0) is 17.1. The first-order valence-electron chi connectivity index (χ1n) is 7.66. The predicted octanol–water partition coefficient (Wildman–Crippen LogP) is 2.19. The highest BCUT2D eigenvalue weighted by molar-refractivity contribution is 6.01. The van der Waals surface area contributed by atoms with Gasteiger partial charge in [0.15, 0.2) is 0 Å². The molecule has 0 saturated heterocycles. The van der Waals surface area contributed by atoms with Gasteiger partial charge in [-0.05, 0) is 36.6 Å². The van der Waals surface area contributed by atoms with E-state index in [9.17, 15) is 9.18 Å². The lowest BCUT2D eigenvalue weighted by Gasteiger charge is -2.28. The van der Waals surface area contributed by atoms with Gasteiger partial charge in [0.25, 0.3) is 5.91 Å². The largest absolute Gasteiger partial charge is 0.394 e. The Labute approximate surface area is 138 Å². The fourth-order valence-corrected chi connectivity index (χ4v) is 2.63. The highest BCUT2D eigenvalue weighted by Crippen LogP contribution is 2.29. The minimum absolute atomic E-state index is 0.0432. The van der Waals surface area contributed by atoms with Crippen molar-refractivity contribution in [1.82, 2.24) is 10.0 Å². The Balaban J connectivity index is 1.92. The van der Waals surface area contributed by atoms with Gasteiger partial charge in [-0.3, -0.25) is 14.6 Å². The number of carbonyl (C=O) groups excluding carboxylic acids is 1. The number of hydrogen-bond donors (Lipinski definition) is 2. The molecule has 2 N–H and O–H groups in total. The number of rotatable bonds is 5. The summed E-state index contributed by atoms with van der Waals surface area (Å²) in [7, 11) is 0. The number of fused-ring (bicyclic) bond motifs is 1. The zero-order valence-electron chi connectivity index (χ0n) is 13.3. The predicted molar refractivity (Wildman–Crippen MR) is 86.4 cm³/mol. The van der Waals surface area contributed by atoms with E-state index in [1.807, 2.05) is 0 Å². The van der Waals surface area contributed by atoms with Crippen LogP contribution < -0.4 is 5.32 Å². The molecule has 2 aromatic rings. The van der Waals surface area contributed by atoms with Crippen LogP contribution in [0.2, 0.25) is 0 Å². The number of anilines is 2.